The van der Waals surface area contributed by atoms with E-state index in [1.165, 1.54) is 6.07 Å². The van der Waals surface area contributed by atoms with Gasteiger partial charge >= 0.3 is 0 Å². The Labute approximate surface area is 107 Å². The molecular weight excluding hydrogens is 254 g/mol. The molecule has 0 bridgehead atoms. The zero-order valence-electron chi connectivity index (χ0n) is 10.2. The first-order valence-corrected chi connectivity index (χ1v) is 6.92. The molecule has 1 aromatic carbocycles. The second kappa shape index (κ2) is 5.71. The SMILES string of the molecule is CCC(C)Oc1cccc(NS(N)(=O)=O)c1C#N. The number of anilines is 1. The Morgan fingerprint density at radius 1 is 1.56 bits per heavy atom. The van der Waals surface area contributed by atoms with Crippen LogP contribution < -0.4 is 14.6 Å². The predicted octanol–water partition coefficient (Wildman–Crippen LogP) is 1.35. The summed E-state index contributed by atoms with van der Waals surface area (Å²) in [7, 11) is -3.92. The molecule has 1 unspecified atom stereocenters. The quantitative estimate of drug-likeness (QED) is 0.841. The van der Waals surface area contributed by atoms with E-state index in [1.807, 2.05) is 19.9 Å². The van der Waals surface area contributed by atoms with Crippen LogP contribution in [0.1, 0.15) is 25.8 Å². The van der Waals surface area contributed by atoms with Crippen LogP contribution in [0.15, 0.2) is 18.2 Å². The van der Waals surface area contributed by atoms with Gasteiger partial charge in [0.25, 0.3) is 10.2 Å². The van der Waals surface area contributed by atoms with Crippen molar-refractivity contribution in [1.82, 2.24) is 0 Å². The maximum atomic E-state index is 11.0. The molecule has 6 nitrogen and oxygen atoms in total. The molecule has 0 amide bonds. The molecule has 0 radical (unpaired) electrons. The van der Waals surface area contributed by atoms with Crippen molar-refractivity contribution in [1.29, 1.82) is 5.26 Å². The van der Waals surface area contributed by atoms with E-state index in [0.29, 0.717) is 5.75 Å². The first kappa shape index (κ1) is 14.3. The summed E-state index contributed by atoms with van der Waals surface area (Å²) in [4.78, 5) is 0. The van der Waals surface area contributed by atoms with E-state index >= 15 is 0 Å². The van der Waals surface area contributed by atoms with Gasteiger partial charge in [-0.3, -0.25) is 4.72 Å². The number of nitriles is 1. The highest BCUT2D eigenvalue weighted by molar-refractivity contribution is 7.90. The molecule has 0 aromatic heterocycles. The van der Waals surface area contributed by atoms with Gasteiger partial charge in [0, 0.05) is 0 Å². The normalized spacial score (nSPS) is 12.6. The van der Waals surface area contributed by atoms with Crippen LogP contribution in [0, 0.1) is 11.3 Å². The highest BCUT2D eigenvalue weighted by Crippen LogP contribution is 2.27. The zero-order valence-corrected chi connectivity index (χ0v) is 11.0. The van der Waals surface area contributed by atoms with E-state index < -0.39 is 10.2 Å². The highest BCUT2D eigenvalue weighted by Gasteiger charge is 2.14. The highest BCUT2D eigenvalue weighted by atomic mass is 32.2. The molecule has 0 saturated heterocycles. The molecule has 7 heteroatoms. The molecule has 0 fully saturated rings. The topological polar surface area (TPSA) is 105 Å². The molecule has 0 aliphatic heterocycles. The molecule has 0 aliphatic carbocycles. The summed E-state index contributed by atoms with van der Waals surface area (Å²) in [6.45, 7) is 3.81. The smallest absolute Gasteiger partial charge is 0.296 e. The van der Waals surface area contributed by atoms with Crippen molar-refractivity contribution in [3.05, 3.63) is 23.8 Å². The number of nitrogens with two attached hydrogens (primary N) is 1. The van der Waals surface area contributed by atoms with Crippen LogP contribution in [-0.2, 0) is 10.2 Å². The lowest BCUT2D eigenvalue weighted by atomic mass is 10.2. The van der Waals surface area contributed by atoms with E-state index in [0.717, 1.165) is 6.42 Å². The van der Waals surface area contributed by atoms with Crippen LogP contribution in [0.25, 0.3) is 0 Å². The number of hydrogen-bond acceptors (Lipinski definition) is 4. The van der Waals surface area contributed by atoms with Crippen LogP contribution in [0.2, 0.25) is 0 Å². The Bertz CT molecular complexity index is 563. The van der Waals surface area contributed by atoms with Gasteiger partial charge in [0.05, 0.1) is 11.8 Å². The van der Waals surface area contributed by atoms with Gasteiger partial charge in [-0.15, -0.1) is 0 Å². The van der Waals surface area contributed by atoms with Gasteiger partial charge in [-0.2, -0.15) is 13.7 Å². The molecule has 98 valence electrons. The van der Waals surface area contributed by atoms with Crippen molar-refractivity contribution in [2.24, 2.45) is 5.14 Å². The molecule has 0 saturated carbocycles. The van der Waals surface area contributed by atoms with E-state index in [2.05, 4.69) is 4.72 Å². The minimum absolute atomic E-state index is 0.0677. The second-order valence-corrected chi connectivity index (χ2v) is 5.07. The van der Waals surface area contributed by atoms with Crippen LogP contribution in [0.5, 0.6) is 5.75 Å². The molecular formula is C11H15N3O3S. The molecule has 18 heavy (non-hydrogen) atoms. The fraction of sp³-hybridized carbons (Fsp3) is 0.364. The van der Waals surface area contributed by atoms with Gasteiger partial charge in [0.1, 0.15) is 17.4 Å². The minimum atomic E-state index is -3.92. The second-order valence-electron chi connectivity index (χ2n) is 3.77. The van der Waals surface area contributed by atoms with Crippen LogP contribution in [0.4, 0.5) is 5.69 Å². The van der Waals surface area contributed by atoms with Crippen LogP contribution in [-0.4, -0.2) is 14.5 Å². The molecule has 0 heterocycles. The van der Waals surface area contributed by atoms with Crippen molar-refractivity contribution >= 4 is 15.9 Å². The first-order chi connectivity index (χ1) is 8.37. The van der Waals surface area contributed by atoms with Crippen molar-refractivity contribution < 1.29 is 13.2 Å². The van der Waals surface area contributed by atoms with E-state index in [-0.39, 0.29) is 17.4 Å². The molecule has 0 spiro atoms. The monoisotopic (exact) mass is 269 g/mol. The summed E-state index contributed by atoms with van der Waals surface area (Å²) in [5.74, 6) is 0.334. The van der Waals surface area contributed by atoms with Crippen molar-refractivity contribution in [2.45, 2.75) is 26.4 Å². The predicted molar refractivity (Wildman–Crippen MR) is 68.3 cm³/mol. The molecule has 1 rings (SSSR count). The fourth-order valence-electron chi connectivity index (χ4n) is 1.28. The van der Waals surface area contributed by atoms with Gasteiger partial charge < -0.3 is 4.74 Å². The van der Waals surface area contributed by atoms with E-state index in [9.17, 15) is 8.42 Å². The van der Waals surface area contributed by atoms with Crippen molar-refractivity contribution in [3.63, 3.8) is 0 Å². The lowest BCUT2D eigenvalue weighted by molar-refractivity contribution is 0.217. The van der Waals surface area contributed by atoms with E-state index in [1.54, 1.807) is 12.1 Å². The average Bonchev–Trinajstić information content (AvgIpc) is 2.27. The number of rotatable bonds is 5. The van der Waals surface area contributed by atoms with Crippen LogP contribution in [0.3, 0.4) is 0 Å². The summed E-state index contributed by atoms with van der Waals surface area (Å²) in [5.41, 5.74) is 0.229. The average molecular weight is 269 g/mol. The maximum absolute atomic E-state index is 11.0. The number of ether oxygens (including phenoxy) is 1. The Morgan fingerprint density at radius 3 is 2.72 bits per heavy atom. The van der Waals surface area contributed by atoms with Crippen molar-refractivity contribution in [2.75, 3.05) is 4.72 Å². The summed E-state index contributed by atoms with van der Waals surface area (Å²) in [5, 5.41) is 14.0. The summed E-state index contributed by atoms with van der Waals surface area (Å²) in [6.07, 6.45) is 0.708. The van der Waals surface area contributed by atoms with Crippen LogP contribution >= 0.6 is 0 Å². The molecule has 0 aliphatic rings. The summed E-state index contributed by atoms with van der Waals surface area (Å²) < 4.78 is 29.6. The van der Waals surface area contributed by atoms with Crippen molar-refractivity contribution in [3.8, 4) is 11.8 Å². The number of hydrogen-bond donors (Lipinski definition) is 2. The summed E-state index contributed by atoms with van der Waals surface area (Å²) in [6, 6.07) is 6.56. The van der Waals surface area contributed by atoms with Gasteiger partial charge in [0.2, 0.25) is 0 Å². The molecule has 1 atom stereocenters. The Kier molecular flexibility index (Phi) is 4.53. The van der Waals surface area contributed by atoms with Gasteiger partial charge in [-0.05, 0) is 25.5 Å². The molecule has 3 N–H and O–H groups in total. The largest absolute Gasteiger partial charge is 0.489 e. The third-order valence-electron chi connectivity index (χ3n) is 2.29. The third kappa shape index (κ3) is 3.91. The molecule has 1 aromatic rings. The zero-order chi connectivity index (χ0) is 13.8. The lowest BCUT2D eigenvalue weighted by Crippen LogP contribution is -2.22. The van der Waals surface area contributed by atoms with Gasteiger partial charge in [-0.1, -0.05) is 13.0 Å². The third-order valence-corrected chi connectivity index (χ3v) is 2.80. The Balaban J connectivity index is 3.15. The van der Waals surface area contributed by atoms with Gasteiger partial charge in [-0.25, -0.2) is 5.14 Å². The number of nitrogens with zero attached hydrogens (tertiary/aromatic N) is 1. The first-order valence-electron chi connectivity index (χ1n) is 5.37. The maximum Gasteiger partial charge on any atom is 0.296 e. The summed E-state index contributed by atoms with van der Waals surface area (Å²) >= 11 is 0. The minimum Gasteiger partial charge on any atom is -0.489 e. The Morgan fingerprint density at radius 2 is 2.22 bits per heavy atom. The lowest BCUT2D eigenvalue weighted by Gasteiger charge is -2.15. The van der Waals surface area contributed by atoms with Gasteiger partial charge in [0.15, 0.2) is 0 Å². The number of benzene rings is 1. The Hall–Kier alpha value is -1.78. The fourth-order valence-corrected chi connectivity index (χ4v) is 1.76. The standard InChI is InChI=1S/C11H15N3O3S/c1-3-8(2)17-11-6-4-5-10(9(11)7-12)14-18(13,15)16/h4-6,8,14H,3H2,1-2H3,(H2,13,15,16). The number of nitrogens with one attached hydrogen (secondary N) is 1. The van der Waals surface area contributed by atoms with E-state index in [4.69, 9.17) is 15.1 Å².